The smallest absolute Gasteiger partial charge is 0.0165 e. The van der Waals surface area contributed by atoms with Crippen LogP contribution in [0.25, 0.3) is 0 Å². The largest absolute Gasteiger partial charge is 0.327 e. The van der Waals surface area contributed by atoms with E-state index in [1.807, 2.05) is 21.6 Å². The molecule has 1 atom stereocenters. The molecular weight excluding hydrogens is 176 g/mol. The lowest BCUT2D eigenvalue weighted by Gasteiger charge is -2.20. The Morgan fingerprint density at radius 1 is 1.36 bits per heavy atom. The van der Waals surface area contributed by atoms with E-state index in [-0.39, 0.29) is 0 Å². The van der Waals surface area contributed by atoms with Crippen molar-refractivity contribution in [2.45, 2.75) is 13.0 Å². The Labute approximate surface area is 76.7 Å². The molecule has 1 aliphatic rings. The molecule has 1 heterocycles. The third-order valence-corrected chi connectivity index (χ3v) is 3.98. The van der Waals surface area contributed by atoms with E-state index in [4.69, 9.17) is 5.73 Å². The van der Waals surface area contributed by atoms with Gasteiger partial charge in [-0.05, 0) is 6.92 Å². The van der Waals surface area contributed by atoms with Crippen LogP contribution >= 0.6 is 21.6 Å². The lowest BCUT2D eigenvalue weighted by molar-refractivity contribution is 0.295. The molecule has 1 saturated heterocycles. The second-order valence-electron chi connectivity index (χ2n) is 2.92. The topological polar surface area (TPSA) is 29.3 Å². The van der Waals surface area contributed by atoms with E-state index < -0.39 is 0 Å². The van der Waals surface area contributed by atoms with Crippen LogP contribution < -0.4 is 5.73 Å². The third kappa shape index (κ3) is 4.25. The Hall–Kier alpha value is 0.620. The van der Waals surface area contributed by atoms with Crippen LogP contribution in [-0.4, -0.2) is 42.1 Å². The second kappa shape index (κ2) is 5.30. The maximum atomic E-state index is 5.72. The van der Waals surface area contributed by atoms with E-state index in [9.17, 15) is 0 Å². The summed E-state index contributed by atoms with van der Waals surface area (Å²) in [5.74, 6) is 2.49. The predicted octanol–water partition coefficient (Wildman–Crippen LogP) is 1.03. The monoisotopic (exact) mass is 192 g/mol. The third-order valence-electron chi connectivity index (χ3n) is 1.61. The van der Waals surface area contributed by atoms with E-state index in [1.54, 1.807) is 0 Å². The van der Waals surface area contributed by atoms with E-state index in [0.29, 0.717) is 6.04 Å². The lowest BCUT2D eigenvalue weighted by Crippen LogP contribution is -2.37. The first-order valence-corrected chi connectivity index (χ1v) is 6.50. The number of nitrogens with zero attached hydrogens (tertiary/aromatic N) is 1. The van der Waals surface area contributed by atoms with Crippen LogP contribution in [0.15, 0.2) is 0 Å². The standard InChI is InChI=1S/C7H16N2S2/c1-7(8)6-9-2-4-10-11-5-3-9/h7H,2-6,8H2,1H3/t7-/m0/s1. The molecule has 0 aliphatic carbocycles. The molecule has 2 N–H and O–H groups in total. The summed E-state index contributed by atoms with van der Waals surface area (Å²) in [6, 6.07) is 0.322. The Morgan fingerprint density at radius 2 is 1.91 bits per heavy atom. The normalized spacial score (nSPS) is 24.5. The molecule has 0 saturated carbocycles. The van der Waals surface area contributed by atoms with Crippen molar-refractivity contribution >= 4 is 21.6 Å². The van der Waals surface area contributed by atoms with Gasteiger partial charge in [0.05, 0.1) is 0 Å². The van der Waals surface area contributed by atoms with E-state index in [2.05, 4.69) is 11.8 Å². The Bertz CT molecular complexity index is 101. The average Bonchev–Trinajstić information content (AvgIpc) is 2.14. The van der Waals surface area contributed by atoms with Crippen molar-refractivity contribution in [1.82, 2.24) is 4.90 Å². The van der Waals surface area contributed by atoms with Gasteiger partial charge in [0.15, 0.2) is 0 Å². The molecule has 4 heteroatoms. The summed E-state index contributed by atoms with van der Waals surface area (Å²) in [6.45, 7) is 5.55. The maximum Gasteiger partial charge on any atom is 0.0165 e. The Kier molecular flexibility index (Phi) is 4.67. The molecule has 0 radical (unpaired) electrons. The summed E-state index contributed by atoms with van der Waals surface area (Å²) in [5, 5.41) is 0. The van der Waals surface area contributed by atoms with Crippen LogP contribution in [0.2, 0.25) is 0 Å². The minimum atomic E-state index is 0.322. The van der Waals surface area contributed by atoms with Crippen LogP contribution in [0.5, 0.6) is 0 Å². The maximum absolute atomic E-state index is 5.72. The average molecular weight is 192 g/mol. The number of hydrogen-bond acceptors (Lipinski definition) is 4. The highest BCUT2D eigenvalue weighted by atomic mass is 33.1. The van der Waals surface area contributed by atoms with Gasteiger partial charge >= 0.3 is 0 Å². The van der Waals surface area contributed by atoms with Gasteiger partial charge in [-0.1, -0.05) is 21.6 Å². The zero-order valence-electron chi connectivity index (χ0n) is 6.95. The van der Waals surface area contributed by atoms with Crippen molar-refractivity contribution in [2.24, 2.45) is 5.73 Å². The van der Waals surface area contributed by atoms with Gasteiger partial charge in [0.25, 0.3) is 0 Å². The van der Waals surface area contributed by atoms with E-state index >= 15 is 0 Å². The first kappa shape index (κ1) is 9.71. The SMILES string of the molecule is C[C@H](N)CN1CCSSCC1. The second-order valence-corrected chi connectivity index (χ2v) is 5.62. The fraction of sp³-hybridized carbons (Fsp3) is 1.00. The molecule has 1 aliphatic heterocycles. The number of nitrogens with two attached hydrogens (primary N) is 1. The van der Waals surface area contributed by atoms with E-state index in [0.717, 1.165) is 6.54 Å². The fourth-order valence-corrected chi connectivity index (χ4v) is 3.21. The zero-order valence-corrected chi connectivity index (χ0v) is 8.59. The zero-order chi connectivity index (χ0) is 8.10. The minimum absolute atomic E-state index is 0.322. The lowest BCUT2D eigenvalue weighted by atomic mass is 10.3. The van der Waals surface area contributed by atoms with Crippen molar-refractivity contribution in [1.29, 1.82) is 0 Å². The van der Waals surface area contributed by atoms with Gasteiger partial charge in [-0.2, -0.15) is 0 Å². The summed E-state index contributed by atoms with van der Waals surface area (Å²) in [5.41, 5.74) is 5.72. The molecule has 66 valence electrons. The van der Waals surface area contributed by atoms with Crippen molar-refractivity contribution < 1.29 is 0 Å². The summed E-state index contributed by atoms with van der Waals surface area (Å²) < 4.78 is 0. The molecule has 1 rings (SSSR count). The van der Waals surface area contributed by atoms with Gasteiger partial charge in [-0.15, -0.1) is 0 Å². The van der Waals surface area contributed by atoms with Gasteiger partial charge < -0.3 is 10.6 Å². The quantitative estimate of drug-likeness (QED) is 0.662. The van der Waals surface area contributed by atoms with Crippen molar-refractivity contribution in [2.75, 3.05) is 31.1 Å². The highest BCUT2D eigenvalue weighted by Gasteiger charge is 2.10. The highest BCUT2D eigenvalue weighted by molar-refractivity contribution is 8.76. The molecular formula is C7H16N2S2. The van der Waals surface area contributed by atoms with Gasteiger partial charge in [0.1, 0.15) is 0 Å². The molecule has 0 bridgehead atoms. The predicted molar refractivity (Wildman–Crippen MR) is 55.0 cm³/mol. The van der Waals surface area contributed by atoms with Crippen LogP contribution in [-0.2, 0) is 0 Å². The molecule has 0 aromatic heterocycles. The van der Waals surface area contributed by atoms with Gasteiger partial charge in [-0.3, -0.25) is 0 Å². The van der Waals surface area contributed by atoms with Crippen LogP contribution in [0.4, 0.5) is 0 Å². The molecule has 0 unspecified atom stereocenters. The Morgan fingerprint density at radius 3 is 2.36 bits per heavy atom. The summed E-state index contributed by atoms with van der Waals surface area (Å²) >= 11 is 0. The molecule has 0 spiro atoms. The summed E-state index contributed by atoms with van der Waals surface area (Å²) in [7, 11) is 3.96. The van der Waals surface area contributed by atoms with Crippen molar-refractivity contribution in [3.05, 3.63) is 0 Å². The summed E-state index contributed by atoms with van der Waals surface area (Å²) in [6.07, 6.45) is 0. The Balaban J connectivity index is 2.20. The minimum Gasteiger partial charge on any atom is -0.327 e. The van der Waals surface area contributed by atoms with Gasteiger partial charge in [0, 0.05) is 37.2 Å². The van der Waals surface area contributed by atoms with E-state index in [1.165, 1.54) is 24.6 Å². The molecule has 11 heavy (non-hydrogen) atoms. The first-order chi connectivity index (χ1) is 5.29. The number of hydrogen-bond donors (Lipinski definition) is 1. The van der Waals surface area contributed by atoms with Crippen LogP contribution in [0.3, 0.4) is 0 Å². The first-order valence-electron chi connectivity index (χ1n) is 4.01. The highest BCUT2D eigenvalue weighted by Crippen LogP contribution is 2.23. The van der Waals surface area contributed by atoms with Crippen LogP contribution in [0.1, 0.15) is 6.92 Å². The molecule has 2 nitrogen and oxygen atoms in total. The summed E-state index contributed by atoms with van der Waals surface area (Å²) in [4.78, 5) is 2.46. The van der Waals surface area contributed by atoms with Gasteiger partial charge in [0.2, 0.25) is 0 Å². The van der Waals surface area contributed by atoms with Crippen molar-refractivity contribution in [3.63, 3.8) is 0 Å². The molecule has 0 amide bonds. The van der Waals surface area contributed by atoms with Crippen LogP contribution in [0, 0.1) is 0 Å². The number of rotatable bonds is 2. The molecule has 0 aromatic carbocycles. The molecule has 1 fully saturated rings. The fourth-order valence-electron chi connectivity index (χ4n) is 1.15. The molecule has 0 aromatic rings. The van der Waals surface area contributed by atoms with Gasteiger partial charge in [-0.25, -0.2) is 0 Å². The van der Waals surface area contributed by atoms with Crippen molar-refractivity contribution in [3.8, 4) is 0 Å².